The van der Waals surface area contributed by atoms with Gasteiger partial charge >= 0.3 is 6.03 Å². The molecule has 5 heterocycles. The van der Waals surface area contributed by atoms with E-state index in [1.807, 2.05) is 16.7 Å². The predicted molar refractivity (Wildman–Crippen MR) is 116 cm³/mol. The molecule has 9 nitrogen and oxygen atoms in total. The van der Waals surface area contributed by atoms with Crippen molar-refractivity contribution < 1.29 is 9.59 Å². The Morgan fingerprint density at radius 1 is 1.23 bits per heavy atom. The minimum Gasteiger partial charge on any atom is -0.319 e. The molecule has 2 aromatic heterocycles. The zero-order valence-corrected chi connectivity index (χ0v) is 18.4. The fraction of sp³-hybridized carbons (Fsp3) is 0.524. The number of nitrogens with one attached hydrogen (secondary N) is 2. The molecular weight excluding hydrogens is 418 g/mol. The van der Waals surface area contributed by atoms with Gasteiger partial charge in [0.1, 0.15) is 5.69 Å². The average Bonchev–Trinajstić information content (AvgIpc) is 3.44. The maximum Gasteiger partial charge on any atom is 0.321 e. The Labute approximate surface area is 185 Å². The van der Waals surface area contributed by atoms with Crippen LogP contribution in [-0.4, -0.2) is 73.5 Å². The molecule has 10 heteroatoms. The SMILES string of the molecule is CC1c2[nH]nc(NC(=O)c3ccc(Cl)cn3)c2CN1C(=O)N1C[C@@H]2CCCN2C[C@@H]1C. The van der Waals surface area contributed by atoms with Gasteiger partial charge in [-0.15, -0.1) is 0 Å². The molecule has 3 amide bonds. The van der Waals surface area contributed by atoms with Gasteiger partial charge in [0.25, 0.3) is 5.91 Å². The van der Waals surface area contributed by atoms with Crippen LogP contribution in [0.25, 0.3) is 0 Å². The molecule has 0 radical (unpaired) electrons. The lowest BCUT2D eigenvalue weighted by Gasteiger charge is -2.44. The molecule has 5 rings (SSSR count). The summed E-state index contributed by atoms with van der Waals surface area (Å²) in [6.45, 7) is 7.37. The molecule has 1 unspecified atom stereocenters. The second-order valence-electron chi connectivity index (χ2n) is 8.66. The third-order valence-electron chi connectivity index (χ3n) is 6.73. The summed E-state index contributed by atoms with van der Waals surface area (Å²) in [6, 6.07) is 3.75. The molecule has 2 aromatic rings. The number of carbonyl (C=O) groups is 2. The summed E-state index contributed by atoms with van der Waals surface area (Å²) in [7, 11) is 0. The van der Waals surface area contributed by atoms with Gasteiger partial charge in [0, 0.05) is 36.9 Å². The number of H-pyrrole nitrogens is 1. The molecule has 0 aliphatic carbocycles. The first kappa shape index (κ1) is 20.3. The number of nitrogens with zero attached hydrogens (tertiary/aromatic N) is 5. The summed E-state index contributed by atoms with van der Waals surface area (Å²) < 4.78 is 0. The van der Waals surface area contributed by atoms with E-state index < -0.39 is 0 Å². The van der Waals surface area contributed by atoms with Crippen LogP contribution in [0.4, 0.5) is 10.6 Å². The van der Waals surface area contributed by atoms with Crippen LogP contribution in [0.1, 0.15) is 54.5 Å². The summed E-state index contributed by atoms with van der Waals surface area (Å²) in [5, 5.41) is 10.6. The van der Waals surface area contributed by atoms with E-state index in [2.05, 4.69) is 32.3 Å². The average molecular weight is 444 g/mol. The number of hydrogen-bond donors (Lipinski definition) is 2. The molecule has 2 fully saturated rings. The zero-order valence-electron chi connectivity index (χ0n) is 17.6. The van der Waals surface area contributed by atoms with Gasteiger partial charge in [0.2, 0.25) is 0 Å². The lowest BCUT2D eigenvalue weighted by atomic mass is 10.1. The maximum atomic E-state index is 13.5. The first-order chi connectivity index (χ1) is 14.9. The highest BCUT2D eigenvalue weighted by atomic mass is 35.5. The van der Waals surface area contributed by atoms with Crippen molar-refractivity contribution >= 4 is 29.4 Å². The number of hydrogen-bond acceptors (Lipinski definition) is 5. The Balaban J connectivity index is 1.30. The van der Waals surface area contributed by atoms with Crippen molar-refractivity contribution in [3.63, 3.8) is 0 Å². The number of amides is 3. The third-order valence-corrected chi connectivity index (χ3v) is 6.96. The molecule has 3 aliphatic rings. The standard InChI is InChI=1S/C21H26ClN7O2/c1-12-9-27-7-3-4-15(27)10-28(12)21(31)29-11-16-18(13(29)2)25-26-19(16)24-20(30)17-6-5-14(22)8-23-17/h5-6,8,12-13,15H,3-4,7,9-11H2,1-2H3,(H2,24,25,26,30)/t12-,13?,15-/m0/s1. The summed E-state index contributed by atoms with van der Waals surface area (Å²) in [5.74, 6) is 0.0712. The third kappa shape index (κ3) is 3.55. The molecule has 3 aliphatic heterocycles. The number of halogens is 1. The molecule has 3 atom stereocenters. The van der Waals surface area contributed by atoms with Crippen LogP contribution >= 0.6 is 11.6 Å². The first-order valence-electron chi connectivity index (χ1n) is 10.7. The molecule has 0 spiro atoms. The highest BCUT2D eigenvalue weighted by Gasteiger charge is 2.42. The van der Waals surface area contributed by atoms with Gasteiger partial charge in [0.15, 0.2) is 5.82 Å². The Hall–Kier alpha value is -2.65. The van der Waals surface area contributed by atoms with Crippen molar-refractivity contribution in [1.82, 2.24) is 29.9 Å². The molecule has 0 bridgehead atoms. The number of aromatic amines is 1. The zero-order chi connectivity index (χ0) is 21.7. The quantitative estimate of drug-likeness (QED) is 0.743. The van der Waals surface area contributed by atoms with E-state index in [-0.39, 0.29) is 29.7 Å². The number of pyridine rings is 1. The lowest BCUT2D eigenvalue weighted by molar-refractivity contribution is 0.0580. The van der Waals surface area contributed by atoms with Gasteiger partial charge in [-0.2, -0.15) is 5.10 Å². The molecule has 2 saturated heterocycles. The van der Waals surface area contributed by atoms with Gasteiger partial charge in [-0.25, -0.2) is 9.78 Å². The van der Waals surface area contributed by atoms with E-state index in [0.717, 1.165) is 37.3 Å². The van der Waals surface area contributed by atoms with Crippen molar-refractivity contribution in [2.24, 2.45) is 0 Å². The molecule has 31 heavy (non-hydrogen) atoms. The molecule has 0 aromatic carbocycles. The Bertz CT molecular complexity index is 1010. The largest absolute Gasteiger partial charge is 0.321 e. The fourth-order valence-corrected chi connectivity index (χ4v) is 5.10. The number of fused-ring (bicyclic) bond motifs is 2. The van der Waals surface area contributed by atoms with Gasteiger partial charge in [-0.1, -0.05) is 11.6 Å². The molecule has 164 valence electrons. The van der Waals surface area contributed by atoms with E-state index in [0.29, 0.717) is 23.4 Å². The molecule has 2 N–H and O–H groups in total. The van der Waals surface area contributed by atoms with Crippen molar-refractivity contribution in [3.8, 4) is 0 Å². The predicted octanol–water partition coefficient (Wildman–Crippen LogP) is 2.88. The molecule has 0 saturated carbocycles. The summed E-state index contributed by atoms with van der Waals surface area (Å²) in [4.78, 5) is 36.4. The van der Waals surface area contributed by atoms with Crippen LogP contribution < -0.4 is 5.32 Å². The fourth-order valence-electron chi connectivity index (χ4n) is 4.98. The first-order valence-corrected chi connectivity index (χ1v) is 11.1. The van der Waals surface area contributed by atoms with E-state index in [4.69, 9.17) is 11.6 Å². The smallest absolute Gasteiger partial charge is 0.319 e. The molecular formula is C21H26ClN7O2. The van der Waals surface area contributed by atoms with Crippen molar-refractivity contribution in [2.75, 3.05) is 25.0 Å². The van der Waals surface area contributed by atoms with E-state index >= 15 is 0 Å². The van der Waals surface area contributed by atoms with E-state index in [1.54, 1.807) is 12.1 Å². The lowest BCUT2D eigenvalue weighted by Crippen LogP contribution is -2.59. The summed E-state index contributed by atoms with van der Waals surface area (Å²) in [6.07, 6.45) is 3.80. The highest BCUT2D eigenvalue weighted by molar-refractivity contribution is 6.30. The second kappa shape index (κ2) is 7.80. The van der Waals surface area contributed by atoms with Crippen molar-refractivity contribution in [1.29, 1.82) is 0 Å². The van der Waals surface area contributed by atoms with Gasteiger partial charge < -0.3 is 15.1 Å². The number of urea groups is 1. The van der Waals surface area contributed by atoms with Crippen LogP contribution in [0.3, 0.4) is 0 Å². The van der Waals surface area contributed by atoms with E-state index in [1.165, 1.54) is 12.6 Å². The minimum atomic E-state index is -0.366. The van der Waals surface area contributed by atoms with Crippen molar-refractivity contribution in [3.05, 3.63) is 40.3 Å². The number of anilines is 1. The Kier molecular flexibility index (Phi) is 5.10. The van der Waals surface area contributed by atoms with Crippen molar-refractivity contribution in [2.45, 2.75) is 51.4 Å². The summed E-state index contributed by atoms with van der Waals surface area (Å²) in [5.41, 5.74) is 1.96. The maximum absolute atomic E-state index is 13.5. The van der Waals surface area contributed by atoms with Crippen LogP contribution in [0.2, 0.25) is 5.02 Å². The number of aromatic nitrogens is 3. The van der Waals surface area contributed by atoms with Crippen LogP contribution in [0.5, 0.6) is 0 Å². The van der Waals surface area contributed by atoms with Crippen LogP contribution in [-0.2, 0) is 6.54 Å². The number of piperazine rings is 1. The number of carbonyl (C=O) groups excluding carboxylic acids is 2. The van der Waals surface area contributed by atoms with Crippen LogP contribution in [0, 0.1) is 0 Å². The number of rotatable bonds is 2. The Morgan fingerprint density at radius 3 is 2.84 bits per heavy atom. The van der Waals surface area contributed by atoms with E-state index in [9.17, 15) is 9.59 Å². The Morgan fingerprint density at radius 2 is 2.06 bits per heavy atom. The highest BCUT2D eigenvalue weighted by Crippen LogP contribution is 2.37. The minimum absolute atomic E-state index is 0.0489. The normalized spacial score (nSPS) is 25.5. The van der Waals surface area contributed by atoms with Gasteiger partial charge in [-0.05, 0) is 45.4 Å². The van der Waals surface area contributed by atoms with Gasteiger partial charge in [-0.3, -0.25) is 14.8 Å². The second-order valence-corrected chi connectivity index (χ2v) is 9.10. The van der Waals surface area contributed by atoms with Gasteiger partial charge in [0.05, 0.1) is 23.3 Å². The van der Waals surface area contributed by atoms with Crippen LogP contribution in [0.15, 0.2) is 18.3 Å². The summed E-state index contributed by atoms with van der Waals surface area (Å²) >= 11 is 5.85. The monoisotopic (exact) mass is 443 g/mol. The topological polar surface area (TPSA) is 97.5 Å².